The predicted molar refractivity (Wildman–Crippen MR) is 115 cm³/mol. The largest absolute Gasteiger partial charge is 0.312 e. The molecule has 0 bridgehead atoms. The van der Waals surface area contributed by atoms with Crippen LogP contribution >= 0.6 is 11.6 Å². The fraction of sp³-hybridized carbons (Fsp3) is 0.455. The average molecular weight is 421 g/mol. The van der Waals surface area contributed by atoms with Crippen LogP contribution in [-0.4, -0.2) is 32.4 Å². The standard InChI is InChI=1S/C22H29ClN2O2S/c1-22(2)12-6-14-25(17-22)28(26,27)20-9-5-7-18(15-20)16-24-13-11-19-8-3-4-10-21(19)23/h3-5,7-10,15,24H,6,11-14,16-17H2,1-2H3. The molecule has 0 unspecified atom stereocenters. The van der Waals surface area contributed by atoms with Crippen LogP contribution in [0.1, 0.15) is 37.8 Å². The molecule has 0 saturated carbocycles. The van der Waals surface area contributed by atoms with Crippen LogP contribution in [0.15, 0.2) is 53.4 Å². The summed E-state index contributed by atoms with van der Waals surface area (Å²) in [5.41, 5.74) is 2.11. The maximum absolute atomic E-state index is 13.1. The van der Waals surface area contributed by atoms with Crippen molar-refractivity contribution in [2.75, 3.05) is 19.6 Å². The number of piperidine rings is 1. The van der Waals surface area contributed by atoms with E-state index in [4.69, 9.17) is 11.6 Å². The zero-order valence-electron chi connectivity index (χ0n) is 16.6. The number of nitrogens with one attached hydrogen (secondary N) is 1. The summed E-state index contributed by atoms with van der Waals surface area (Å²) < 4.78 is 27.8. The van der Waals surface area contributed by atoms with E-state index in [9.17, 15) is 8.42 Å². The summed E-state index contributed by atoms with van der Waals surface area (Å²) in [5.74, 6) is 0. The van der Waals surface area contributed by atoms with E-state index in [0.29, 0.717) is 24.5 Å². The Morgan fingerprint density at radius 2 is 1.93 bits per heavy atom. The predicted octanol–water partition coefficient (Wildman–Crippen LogP) is 4.48. The molecule has 0 aromatic heterocycles. The fourth-order valence-electron chi connectivity index (χ4n) is 3.70. The van der Waals surface area contributed by atoms with E-state index in [1.54, 1.807) is 16.4 Å². The molecule has 0 radical (unpaired) electrons. The summed E-state index contributed by atoms with van der Waals surface area (Å²) in [5, 5.41) is 4.16. The first-order valence-electron chi connectivity index (χ1n) is 9.81. The summed E-state index contributed by atoms with van der Waals surface area (Å²) in [7, 11) is -3.45. The summed E-state index contributed by atoms with van der Waals surface area (Å²) in [6, 6.07) is 15.1. The van der Waals surface area contributed by atoms with Crippen molar-refractivity contribution < 1.29 is 8.42 Å². The third-order valence-corrected chi connectivity index (χ3v) is 7.47. The normalized spacial score (nSPS) is 17.5. The topological polar surface area (TPSA) is 49.4 Å². The van der Waals surface area contributed by atoms with E-state index in [-0.39, 0.29) is 5.41 Å². The Morgan fingerprint density at radius 1 is 1.14 bits per heavy atom. The van der Waals surface area contributed by atoms with Gasteiger partial charge in [-0.1, -0.05) is 55.8 Å². The summed E-state index contributed by atoms with van der Waals surface area (Å²) in [4.78, 5) is 0.385. The van der Waals surface area contributed by atoms with E-state index in [1.165, 1.54) is 0 Å². The van der Waals surface area contributed by atoms with Crippen molar-refractivity contribution in [3.8, 4) is 0 Å². The molecular formula is C22H29ClN2O2S. The SMILES string of the molecule is CC1(C)CCCN(S(=O)(=O)c2cccc(CNCCc3ccccc3Cl)c2)C1. The Bertz CT molecular complexity index is 912. The second kappa shape index (κ2) is 8.95. The van der Waals surface area contributed by atoms with E-state index in [1.807, 2.05) is 36.4 Å². The van der Waals surface area contributed by atoms with Crippen LogP contribution in [0.25, 0.3) is 0 Å². The van der Waals surface area contributed by atoms with Gasteiger partial charge in [-0.25, -0.2) is 8.42 Å². The molecule has 1 aliphatic rings. The van der Waals surface area contributed by atoms with Crippen LogP contribution in [0.3, 0.4) is 0 Å². The number of benzene rings is 2. The third kappa shape index (κ3) is 5.35. The highest BCUT2D eigenvalue weighted by Gasteiger charge is 2.34. The van der Waals surface area contributed by atoms with Crippen molar-refractivity contribution in [2.24, 2.45) is 5.41 Å². The average Bonchev–Trinajstić information content (AvgIpc) is 2.66. The highest BCUT2D eigenvalue weighted by molar-refractivity contribution is 7.89. The maximum Gasteiger partial charge on any atom is 0.243 e. The molecule has 0 spiro atoms. The van der Waals surface area contributed by atoms with Gasteiger partial charge in [0.2, 0.25) is 10.0 Å². The summed E-state index contributed by atoms with van der Waals surface area (Å²) in [6.07, 6.45) is 2.81. The molecule has 1 N–H and O–H groups in total. The Hall–Kier alpha value is -1.40. The quantitative estimate of drug-likeness (QED) is 0.671. The van der Waals surface area contributed by atoms with Gasteiger partial charge in [-0.3, -0.25) is 0 Å². The van der Waals surface area contributed by atoms with Crippen LogP contribution in [0.5, 0.6) is 0 Å². The van der Waals surface area contributed by atoms with Gasteiger partial charge in [-0.05, 0) is 60.5 Å². The number of hydrogen-bond acceptors (Lipinski definition) is 3. The van der Waals surface area contributed by atoms with Crippen LogP contribution < -0.4 is 5.32 Å². The second-order valence-corrected chi connectivity index (χ2v) is 10.6. The molecule has 1 heterocycles. The Morgan fingerprint density at radius 3 is 2.68 bits per heavy atom. The van der Waals surface area contributed by atoms with Crippen molar-refractivity contribution in [1.29, 1.82) is 0 Å². The van der Waals surface area contributed by atoms with Gasteiger partial charge in [0.15, 0.2) is 0 Å². The van der Waals surface area contributed by atoms with Gasteiger partial charge < -0.3 is 5.32 Å². The fourth-order valence-corrected chi connectivity index (χ4v) is 5.66. The summed E-state index contributed by atoms with van der Waals surface area (Å²) >= 11 is 6.19. The molecule has 2 aromatic carbocycles. The van der Waals surface area contributed by atoms with Crippen molar-refractivity contribution >= 4 is 21.6 Å². The van der Waals surface area contributed by atoms with Gasteiger partial charge in [-0.2, -0.15) is 4.31 Å². The van der Waals surface area contributed by atoms with Crippen molar-refractivity contribution in [2.45, 2.75) is 44.6 Å². The van der Waals surface area contributed by atoms with Gasteiger partial charge >= 0.3 is 0 Å². The van der Waals surface area contributed by atoms with E-state index < -0.39 is 10.0 Å². The zero-order valence-corrected chi connectivity index (χ0v) is 18.2. The van der Waals surface area contributed by atoms with Gasteiger partial charge in [0.05, 0.1) is 4.90 Å². The number of halogens is 1. The monoisotopic (exact) mass is 420 g/mol. The highest BCUT2D eigenvalue weighted by Crippen LogP contribution is 2.31. The van der Waals surface area contributed by atoms with Crippen LogP contribution in [0, 0.1) is 5.41 Å². The zero-order chi connectivity index (χ0) is 20.2. The van der Waals surface area contributed by atoms with Gasteiger partial charge in [-0.15, -0.1) is 0 Å². The molecule has 1 aliphatic heterocycles. The molecule has 0 atom stereocenters. The first-order chi connectivity index (χ1) is 13.3. The molecule has 152 valence electrons. The van der Waals surface area contributed by atoms with E-state index >= 15 is 0 Å². The molecule has 28 heavy (non-hydrogen) atoms. The van der Waals surface area contributed by atoms with E-state index in [0.717, 1.165) is 42.0 Å². The van der Waals surface area contributed by atoms with Crippen LogP contribution in [-0.2, 0) is 23.0 Å². The summed E-state index contributed by atoms with van der Waals surface area (Å²) in [6.45, 7) is 6.85. The first kappa shape index (κ1) is 21.3. The van der Waals surface area contributed by atoms with Crippen molar-refractivity contribution in [1.82, 2.24) is 9.62 Å². The van der Waals surface area contributed by atoms with Crippen LogP contribution in [0.2, 0.25) is 5.02 Å². The Kier molecular flexibility index (Phi) is 6.81. The molecule has 2 aromatic rings. The molecule has 3 rings (SSSR count). The minimum Gasteiger partial charge on any atom is -0.312 e. The Labute approximate surface area is 174 Å². The van der Waals surface area contributed by atoms with Crippen molar-refractivity contribution in [3.05, 3.63) is 64.7 Å². The second-order valence-electron chi connectivity index (χ2n) is 8.27. The lowest BCUT2D eigenvalue weighted by Gasteiger charge is -2.37. The van der Waals surface area contributed by atoms with E-state index in [2.05, 4.69) is 19.2 Å². The molecule has 0 aliphatic carbocycles. The lowest BCUT2D eigenvalue weighted by molar-refractivity contribution is 0.187. The third-order valence-electron chi connectivity index (χ3n) is 5.26. The lowest BCUT2D eigenvalue weighted by Crippen LogP contribution is -2.43. The molecular weight excluding hydrogens is 392 g/mol. The van der Waals surface area contributed by atoms with Crippen LogP contribution in [0.4, 0.5) is 0 Å². The first-order valence-corrected chi connectivity index (χ1v) is 11.6. The Balaban J connectivity index is 1.61. The van der Waals surface area contributed by atoms with Gasteiger partial charge in [0, 0.05) is 24.7 Å². The number of nitrogens with zero attached hydrogens (tertiary/aromatic N) is 1. The highest BCUT2D eigenvalue weighted by atomic mass is 35.5. The number of sulfonamides is 1. The molecule has 6 heteroatoms. The lowest BCUT2D eigenvalue weighted by atomic mass is 9.85. The maximum atomic E-state index is 13.1. The minimum absolute atomic E-state index is 0.0310. The minimum atomic E-state index is -3.45. The molecule has 1 fully saturated rings. The molecule has 0 amide bonds. The smallest absolute Gasteiger partial charge is 0.243 e. The van der Waals surface area contributed by atoms with Crippen molar-refractivity contribution in [3.63, 3.8) is 0 Å². The number of hydrogen-bond donors (Lipinski definition) is 1. The van der Waals surface area contributed by atoms with Gasteiger partial charge in [0.1, 0.15) is 0 Å². The molecule has 1 saturated heterocycles. The van der Waals surface area contributed by atoms with Gasteiger partial charge in [0.25, 0.3) is 0 Å². The molecule has 4 nitrogen and oxygen atoms in total. The number of rotatable bonds is 7.